The van der Waals surface area contributed by atoms with Crippen LogP contribution in [-0.2, 0) is 7.05 Å². The number of aldehydes is 1. The number of carbonyl (C=O) groups is 1. The lowest BCUT2D eigenvalue weighted by Gasteiger charge is -2.01. The highest BCUT2D eigenvalue weighted by Crippen LogP contribution is 2.24. The summed E-state index contributed by atoms with van der Waals surface area (Å²) in [4.78, 5) is 15.3. The Labute approximate surface area is 104 Å². The van der Waals surface area contributed by atoms with Gasteiger partial charge in [-0.2, -0.15) is 5.10 Å². The Morgan fingerprint density at radius 1 is 1.28 bits per heavy atom. The average molecular weight is 237 g/mol. The molecule has 4 heteroatoms. The van der Waals surface area contributed by atoms with Crippen LogP contribution in [0.4, 0.5) is 0 Å². The van der Waals surface area contributed by atoms with Gasteiger partial charge in [-0.25, -0.2) is 0 Å². The van der Waals surface area contributed by atoms with E-state index in [1.165, 1.54) is 0 Å². The normalized spacial score (nSPS) is 10.7. The minimum atomic E-state index is 0.598. The molecular formula is C14H11N3O. The van der Waals surface area contributed by atoms with Crippen LogP contribution in [0.25, 0.3) is 22.2 Å². The van der Waals surface area contributed by atoms with Gasteiger partial charge < -0.3 is 0 Å². The van der Waals surface area contributed by atoms with Gasteiger partial charge in [-0.1, -0.05) is 12.1 Å². The highest BCUT2D eigenvalue weighted by molar-refractivity contribution is 5.89. The average Bonchev–Trinajstić information content (AvgIpc) is 2.79. The molecule has 4 nitrogen and oxygen atoms in total. The Kier molecular flexibility index (Phi) is 2.41. The van der Waals surface area contributed by atoms with E-state index in [1.807, 2.05) is 30.3 Å². The van der Waals surface area contributed by atoms with Crippen molar-refractivity contribution in [2.45, 2.75) is 0 Å². The van der Waals surface area contributed by atoms with E-state index >= 15 is 0 Å². The minimum absolute atomic E-state index is 0.598. The molecule has 3 aromatic rings. The second-order valence-electron chi connectivity index (χ2n) is 4.14. The van der Waals surface area contributed by atoms with E-state index in [9.17, 15) is 4.79 Å². The van der Waals surface area contributed by atoms with E-state index in [2.05, 4.69) is 10.1 Å². The summed E-state index contributed by atoms with van der Waals surface area (Å²) < 4.78 is 1.65. The molecule has 0 saturated heterocycles. The van der Waals surface area contributed by atoms with Crippen LogP contribution in [-0.4, -0.2) is 21.1 Å². The molecule has 0 aliphatic carbocycles. The molecule has 0 N–H and O–H groups in total. The molecule has 1 aromatic carbocycles. The van der Waals surface area contributed by atoms with Gasteiger partial charge in [-0.15, -0.1) is 0 Å². The van der Waals surface area contributed by atoms with E-state index in [0.717, 1.165) is 22.8 Å². The predicted octanol–water partition coefficient (Wildman–Crippen LogP) is 2.45. The van der Waals surface area contributed by atoms with E-state index in [4.69, 9.17) is 0 Å². The number of carbonyl (C=O) groups excluding carboxylic acids is 1. The van der Waals surface area contributed by atoms with Crippen LogP contribution in [0.5, 0.6) is 0 Å². The van der Waals surface area contributed by atoms with Gasteiger partial charge in [0.2, 0.25) is 0 Å². The Morgan fingerprint density at radius 2 is 2.17 bits per heavy atom. The van der Waals surface area contributed by atoms with Crippen LogP contribution >= 0.6 is 0 Å². The zero-order valence-electron chi connectivity index (χ0n) is 9.87. The zero-order chi connectivity index (χ0) is 12.5. The quantitative estimate of drug-likeness (QED) is 0.643. The van der Waals surface area contributed by atoms with E-state index < -0.39 is 0 Å². The SMILES string of the molecule is Cn1cc(C=O)c(-c2ccc3ncccc3c2)n1. The molecule has 18 heavy (non-hydrogen) atoms. The highest BCUT2D eigenvalue weighted by atomic mass is 16.1. The third-order valence-electron chi connectivity index (χ3n) is 2.86. The molecular weight excluding hydrogens is 226 g/mol. The first kappa shape index (κ1) is 10.7. The van der Waals surface area contributed by atoms with Crippen molar-refractivity contribution < 1.29 is 4.79 Å². The van der Waals surface area contributed by atoms with Gasteiger partial charge in [0.05, 0.1) is 11.1 Å². The third-order valence-corrected chi connectivity index (χ3v) is 2.86. The summed E-state index contributed by atoms with van der Waals surface area (Å²) in [6.45, 7) is 0. The second kappa shape index (κ2) is 4.07. The fourth-order valence-corrected chi connectivity index (χ4v) is 2.04. The molecule has 0 amide bonds. The number of aromatic nitrogens is 3. The van der Waals surface area contributed by atoms with Gasteiger partial charge in [0.25, 0.3) is 0 Å². The lowest BCUT2D eigenvalue weighted by atomic mass is 10.1. The van der Waals surface area contributed by atoms with E-state index in [1.54, 1.807) is 24.1 Å². The van der Waals surface area contributed by atoms with Crippen molar-refractivity contribution in [3.63, 3.8) is 0 Å². The van der Waals surface area contributed by atoms with Crippen molar-refractivity contribution in [1.82, 2.24) is 14.8 Å². The second-order valence-corrected chi connectivity index (χ2v) is 4.14. The Hall–Kier alpha value is -2.49. The summed E-state index contributed by atoms with van der Waals surface area (Å²) in [6.07, 6.45) is 4.31. The molecule has 3 rings (SSSR count). The summed E-state index contributed by atoms with van der Waals surface area (Å²) in [6, 6.07) is 9.76. The number of benzene rings is 1. The summed E-state index contributed by atoms with van der Waals surface area (Å²) in [7, 11) is 1.80. The number of nitrogens with zero attached hydrogens (tertiary/aromatic N) is 3. The first-order valence-corrected chi connectivity index (χ1v) is 5.62. The first-order chi connectivity index (χ1) is 8.78. The number of rotatable bonds is 2. The molecule has 0 radical (unpaired) electrons. The molecule has 0 atom stereocenters. The fourth-order valence-electron chi connectivity index (χ4n) is 2.04. The van der Waals surface area contributed by atoms with E-state index in [-0.39, 0.29) is 0 Å². The van der Waals surface area contributed by atoms with Gasteiger partial charge in [0.1, 0.15) is 5.69 Å². The molecule has 2 heterocycles. The van der Waals surface area contributed by atoms with Crippen LogP contribution in [0.15, 0.2) is 42.7 Å². The maximum Gasteiger partial charge on any atom is 0.153 e. The summed E-state index contributed by atoms with van der Waals surface area (Å²) >= 11 is 0. The largest absolute Gasteiger partial charge is 0.298 e. The summed E-state index contributed by atoms with van der Waals surface area (Å²) in [5.74, 6) is 0. The molecule has 0 spiro atoms. The predicted molar refractivity (Wildman–Crippen MR) is 69.3 cm³/mol. The standard InChI is InChI=1S/C14H11N3O/c1-17-8-12(9-18)14(16-17)11-4-5-13-10(7-11)3-2-6-15-13/h2-9H,1H3. The Bertz CT molecular complexity index is 731. The number of fused-ring (bicyclic) bond motifs is 1. The van der Waals surface area contributed by atoms with Crippen molar-refractivity contribution in [3.05, 3.63) is 48.3 Å². The van der Waals surface area contributed by atoms with Crippen molar-refractivity contribution in [2.75, 3.05) is 0 Å². The van der Waals surface area contributed by atoms with Gasteiger partial charge in [0.15, 0.2) is 6.29 Å². The number of aryl methyl sites for hydroxylation is 1. The van der Waals surface area contributed by atoms with Crippen molar-refractivity contribution in [1.29, 1.82) is 0 Å². The molecule has 0 aliphatic heterocycles. The Morgan fingerprint density at radius 3 is 3.00 bits per heavy atom. The lowest BCUT2D eigenvalue weighted by molar-refractivity contribution is 0.112. The number of hydrogen-bond acceptors (Lipinski definition) is 3. The highest BCUT2D eigenvalue weighted by Gasteiger charge is 2.09. The van der Waals surface area contributed by atoms with Crippen LogP contribution in [0, 0.1) is 0 Å². The van der Waals surface area contributed by atoms with E-state index in [0.29, 0.717) is 11.3 Å². The maximum atomic E-state index is 11.0. The van der Waals surface area contributed by atoms with Gasteiger partial charge in [0, 0.05) is 30.4 Å². The Balaban J connectivity index is 2.21. The van der Waals surface area contributed by atoms with Crippen molar-refractivity contribution in [3.8, 4) is 11.3 Å². The summed E-state index contributed by atoms with van der Waals surface area (Å²) in [5.41, 5.74) is 3.17. The zero-order valence-corrected chi connectivity index (χ0v) is 9.87. The smallest absolute Gasteiger partial charge is 0.153 e. The molecule has 88 valence electrons. The monoisotopic (exact) mass is 237 g/mol. The summed E-state index contributed by atoms with van der Waals surface area (Å²) in [5, 5.41) is 5.36. The van der Waals surface area contributed by atoms with Crippen molar-refractivity contribution in [2.24, 2.45) is 7.05 Å². The van der Waals surface area contributed by atoms with Crippen LogP contribution in [0.3, 0.4) is 0 Å². The topological polar surface area (TPSA) is 47.8 Å². The lowest BCUT2D eigenvalue weighted by Crippen LogP contribution is -1.88. The van der Waals surface area contributed by atoms with Crippen LogP contribution in [0.2, 0.25) is 0 Å². The van der Waals surface area contributed by atoms with Crippen LogP contribution in [0.1, 0.15) is 10.4 Å². The van der Waals surface area contributed by atoms with Gasteiger partial charge in [-0.3, -0.25) is 14.5 Å². The maximum absolute atomic E-state index is 11.0. The fraction of sp³-hybridized carbons (Fsp3) is 0.0714. The third kappa shape index (κ3) is 1.68. The molecule has 0 bridgehead atoms. The van der Waals surface area contributed by atoms with Gasteiger partial charge >= 0.3 is 0 Å². The van der Waals surface area contributed by atoms with Crippen LogP contribution < -0.4 is 0 Å². The number of pyridine rings is 1. The van der Waals surface area contributed by atoms with Gasteiger partial charge in [-0.05, 0) is 18.2 Å². The molecule has 0 saturated carbocycles. The van der Waals surface area contributed by atoms with Crippen molar-refractivity contribution >= 4 is 17.2 Å². The molecule has 2 aromatic heterocycles. The molecule has 0 fully saturated rings. The number of hydrogen-bond donors (Lipinski definition) is 0. The molecule has 0 aliphatic rings. The minimum Gasteiger partial charge on any atom is -0.298 e. The first-order valence-electron chi connectivity index (χ1n) is 5.62. The molecule has 0 unspecified atom stereocenters.